The zero-order chi connectivity index (χ0) is 11.8. The minimum absolute atomic E-state index is 0.290. The molecule has 3 heteroatoms. The first kappa shape index (κ1) is 13.3. The molecule has 0 fully saturated rings. The number of halogens is 1. The monoisotopic (exact) mass is 241 g/mol. The Morgan fingerprint density at radius 1 is 1.25 bits per heavy atom. The molecule has 0 aliphatic heterocycles. The van der Waals surface area contributed by atoms with E-state index in [9.17, 15) is 0 Å². The molecular weight excluding hydrogens is 222 g/mol. The van der Waals surface area contributed by atoms with E-state index < -0.39 is 0 Å². The predicted molar refractivity (Wildman–Crippen MR) is 69.3 cm³/mol. The lowest BCUT2D eigenvalue weighted by atomic mass is 10.1. The highest BCUT2D eigenvalue weighted by Crippen LogP contribution is 2.19. The molecule has 0 amide bonds. The van der Waals surface area contributed by atoms with Crippen LogP contribution in [0, 0.1) is 0 Å². The molecule has 1 unspecified atom stereocenters. The molecule has 0 aromatic heterocycles. The first-order valence-corrected chi connectivity index (χ1v) is 6.21. The topological polar surface area (TPSA) is 21.3 Å². The summed E-state index contributed by atoms with van der Waals surface area (Å²) >= 11 is 5.83. The number of benzene rings is 1. The molecule has 0 spiro atoms. The summed E-state index contributed by atoms with van der Waals surface area (Å²) in [5.41, 5.74) is 0. The molecule has 0 aliphatic carbocycles. The van der Waals surface area contributed by atoms with Crippen molar-refractivity contribution in [2.75, 3.05) is 13.6 Å². The Morgan fingerprint density at radius 2 is 1.94 bits per heavy atom. The standard InChI is InChI=1S/C13H20ClNO/c1-3-4-12(9-10-15-2)16-13-7-5-11(14)6-8-13/h5-8,12,15H,3-4,9-10H2,1-2H3. The van der Waals surface area contributed by atoms with Crippen LogP contribution in [0.15, 0.2) is 24.3 Å². The molecule has 2 nitrogen and oxygen atoms in total. The highest BCUT2D eigenvalue weighted by atomic mass is 35.5. The highest BCUT2D eigenvalue weighted by molar-refractivity contribution is 6.30. The second-order valence-electron chi connectivity index (χ2n) is 3.87. The van der Waals surface area contributed by atoms with Gasteiger partial charge in [-0.1, -0.05) is 24.9 Å². The summed E-state index contributed by atoms with van der Waals surface area (Å²) in [5, 5.41) is 3.90. The van der Waals surface area contributed by atoms with Crippen LogP contribution in [0.1, 0.15) is 26.2 Å². The zero-order valence-electron chi connectivity index (χ0n) is 10.0. The van der Waals surface area contributed by atoms with Crippen LogP contribution in [-0.2, 0) is 0 Å². The molecule has 16 heavy (non-hydrogen) atoms. The van der Waals surface area contributed by atoms with Gasteiger partial charge >= 0.3 is 0 Å². The molecule has 0 radical (unpaired) electrons. The van der Waals surface area contributed by atoms with Gasteiger partial charge in [-0.25, -0.2) is 0 Å². The van der Waals surface area contributed by atoms with Gasteiger partial charge in [0.15, 0.2) is 0 Å². The molecular formula is C13H20ClNO. The molecule has 1 aromatic rings. The molecule has 90 valence electrons. The Balaban J connectivity index is 2.49. The summed E-state index contributed by atoms with van der Waals surface area (Å²) in [6.07, 6.45) is 3.55. The van der Waals surface area contributed by atoms with Crippen molar-refractivity contribution in [3.63, 3.8) is 0 Å². The number of ether oxygens (including phenoxy) is 1. The maximum absolute atomic E-state index is 5.91. The Labute approximate surface area is 103 Å². The van der Waals surface area contributed by atoms with Gasteiger partial charge in [0, 0.05) is 5.02 Å². The van der Waals surface area contributed by atoms with Crippen LogP contribution in [0.3, 0.4) is 0 Å². The van der Waals surface area contributed by atoms with E-state index in [1.54, 1.807) is 0 Å². The van der Waals surface area contributed by atoms with Crippen molar-refractivity contribution in [1.29, 1.82) is 0 Å². The van der Waals surface area contributed by atoms with Crippen molar-refractivity contribution in [3.8, 4) is 5.75 Å². The fraction of sp³-hybridized carbons (Fsp3) is 0.538. The van der Waals surface area contributed by atoms with Crippen LogP contribution in [0.25, 0.3) is 0 Å². The van der Waals surface area contributed by atoms with Gasteiger partial charge in [-0.05, 0) is 50.7 Å². The Hall–Kier alpha value is -0.730. The number of hydrogen-bond donors (Lipinski definition) is 1. The number of nitrogens with one attached hydrogen (secondary N) is 1. The average molecular weight is 242 g/mol. The van der Waals surface area contributed by atoms with E-state index in [1.807, 2.05) is 31.3 Å². The summed E-state index contributed by atoms with van der Waals surface area (Å²) in [7, 11) is 1.96. The third-order valence-corrected chi connectivity index (χ3v) is 2.70. The Morgan fingerprint density at radius 3 is 2.50 bits per heavy atom. The smallest absolute Gasteiger partial charge is 0.119 e. The molecule has 1 aromatic carbocycles. The lowest BCUT2D eigenvalue weighted by molar-refractivity contribution is 0.180. The fourth-order valence-electron chi connectivity index (χ4n) is 1.60. The van der Waals surface area contributed by atoms with Crippen molar-refractivity contribution >= 4 is 11.6 Å². The summed E-state index contributed by atoms with van der Waals surface area (Å²) in [6, 6.07) is 7.56. The number of hydrogen-bond acceptors (Lipinski definition) is 2. The van der Waals surface area contributed by atoms with Gasteiger partial charge in [0.2, 0.25) is 0 Å². The van der Waals surface area contributed by atoms with E-state index >= 15 is 0 Å². The predicted octanol–water partition coefficient (Wildman–Crippen LogP) is 3.50. The van der Waals surface area contributed by atoms with Crippen molar-refractivity contribution < 1.29 is 4.74 Å². The van der Waals surface area contributed by atoms with Crippen molar-refractivity contribution in [2.24, 2.45) is 0 Å². The van der Waals surface area contributed by atoms with Gasteiger partial charge in [-0.3, -0.25) is 0 Å². The molecule has 1 atom stereocenters. The Bertz CT molecular complexity index is 286. The number of rotatable bonds is 7. The van der Waals surface area contributed by atoms with Crippen molar-refractivity contribution in [3.05, 3.63) is 29.3 Å². The summed E-state index contributed by atoms with van der Waals surface area (Å²) in [4.78, 5) is 0. The summed E-state index contributed by atoms with van der Waals surface area (Å²) < 4.78 is 5.91. The molecule has 0 aliphatic rings. The van der Waals surface area contributed by atoms with E-state index in [-0.39, 0.29) is 0 Å². The largest absolute Gasteiger partial charge is 0.490 e. The minimum atomic E-state index is 0.290. The van der Waals surface area contributed by atoms with Crippen LogP contribution >= 0.6 is 11.6 Å². The van der Waals surface area contributed by atoms with Gasteiger partial charge < -0.3 is 10.1 Å². The van der Waals surface area contributed by atoms with E-state index in [0.717, 1.165) is 36.6 Å². The first-order valence-electron chi connectivity index (χ1n) is 5.83. The van der Waals surface area contributed by atoms with Gasteiger partial charge in [0.25, 0.3) is 0 Å². The van der Waals surface area contributed by atoms with E-state index in [4.69, 9.17) is 16.3 Å². The maximum atomic E-state index is 5.91. The second kappa shape index (κ2) is 7.53. The van der Waals surface area contributed by atoms with Gasteiger partial charge in [-0.2, -0.15) is 0 Å². The molecule has 1 N–H and O–H groups in total. The molecule has 0 heterocycles. The van der Waals surface area contributed by atoms with E-state index in [0.29, 0.717) is 6.10 Å². The molecule has 0 saturated carbocycles. The Kier molecular flexibility index (Phi) is 6.27. The van der Waals surface area contributed by atoms with E-state index in [2.05, 4.69) is 12.2 Å². The maximum Gasteiger partial charge on any atom is 0.119 e. The minimum Gasteiger partial charge on any atom is -0.490 e. The van der Waals surface area contributed by atoms with Crippen molar-refractivity contribution in [2.45, 2.75) is 32.3 Å². The normalized spacial score (nSPS) is 12.4. The van der Waals surface area contributed by atoms with Crippen LogP contribution in [0.2, 0.25) is 5.02 Å². The van der Waals surface area contributed by atoms with Gasteiger partial charge in [-0.15, -0.1) is 0 Å². The van der Waals surface area contributed by atoms with Crippen LogP contribution in [-0.4, -0.2) is 19.7 Å². The third-order valence-electron chi connectivity index (χ3n) is 2.44. The summed E-state index contributed by atoms with van der Waals surface area (Å²) in [6.45, 7) is 3.16. The first-order chi connectivity index (χ1) is 7.76. The lowest BCUT2D eigenvalue weighted by Gasteiger charge is -2.18. The molecule has 0 bridgehead atoms. The molecule has 1 rings (SSSR count). The summed E-state index contributed by atoms with van der Waals surface area (Å²) in [5.74, 6) is 0.902. The van der Waals surface area contributed by atoms with Crippen LogP contribution in [0.4, 0.5) is 0 Å². The second-order valence-corrected chi connectivity index (χ2v) is 4.31. The quantitative estimate of drug-likeness (QED) is 0.789. The fourth-order valence-corrected chi connectivity index (χ4v) is 1.72. The van der Waals surface area contributed by atoms with Crippen molar-refractivity contribution in [1.82, 2.24) is 5.32 Å². The van der Waals surface area contributed by atoms with Crippen LogP contribution < -0.4 is 10.1 Å². The van der Waals surface area contributed by atoms with Gasteiger partial charge in [0.05, 0.1) is 6.10 Å². The highest BCUT2D eigenvalue weighted by Gasteiger charge is 2.08. The van der Waals surface area contributed by atoms with Gasteiger partial charge in [0.1, 0.15) is 5.75 Å². The third kappa shape index (κ3) is 4.86. The van der Waals surface area contributed by atoms with Crippen LogP contribution in [0.5, 0.6) is 5.75 Å². The lowest BCUT2D eigenvalue weighted by Crippen LogP contribution is -2.22. The SMILES string of the molecule is CCCC(CCNC)Oc1ccc(Cl)cc1. The average Bonchev–Trinajstić information content (AvgIpc) is 2.29. The molecule has 0 saturated heterocycles. The zero-order valence-corrected chi connectivity index (χ0v) is 10.8. The van der Waals surface area contributed by atoms with E-state index in [1.165, 1.54) is 0 Å².